The van der Waals surface area contributed by atoms with Crippen LogP contribution in [0.3, 0.4) is 0 Å². The normalized spacial score (nSPS) is 21.0. The van der Waals surface area contributed by atoms with Gasteiger partial charge in [0.15, 0.2) is 5.16 Å². The number of thioether (sulfide) groups is 1. The fourth-order valence-electron chi connectivity index (χ4n) is 3.37. The predicted molar refractivity (Wildman–Crippen MR) is 93.2 cm³/mol. The van der Waals surface area contributed by atoms with Crippen molar-refractivity contribution < 1.29 is 4.74 Å². The van der Waals surface area contributed by atoms with Gasteiger partial charge in [0.1, 0.15) is 0 Å². The summed E-state index contributed by atoms with van der Waals surface area (Å²) in [5.74, 6) is 1.86. The van der Waals surface area contributed by atoms with Crippen molar-refractivity contribution in [2.75, 3.05) is 24.6 Å². The quantitative estimate of drug-likeness (QED) is 0.745. The summed E-state index contributed by atoms with van der Waals surface area (Å²) >= 11 is 1.73. The van der Waals surface area contributed by atoms with Gasteiger partial charge in [-0.1, -0.05) is 11.8 Å². The molecule has 0 aliphatic carbocycles. The third-order valence-electron chi connectivity index (χ3n) is 4.77. The largest absolute Gasteiger partial charge is 0.376 e. The minimum atomic E-state index is 0.290. The van der Waals surface area contributed by atoms with Crippen LogP contribution in [0.25, 0.3) is 0 Å². The summed E-state index contributed by atoms with van der Waals surface area (Å²) in [4.78, 5) is 2.36. The molecular weight excluding hydrogens is 324 g/mol. The molecule has 2 aromatic heterocycles. The summed E-state index contributed by atoms with van der Waals surface area (Å²) in [6.45, 7) is 3.89. The van der Waals surface area contributed by atoms with Gasteiger partial charge < -0.3 is 9.64 Å². The maximum absolute atomic E-state index is 5.85. The van der Waals surface area contributed by atoms with E-state index in [0.29, 0.717) is 6.10 Å². The zero-order valence-corrected chi connectivity index (χ0v) is 14.9. The van der Waals surface area contributed by atoms with Gasteiger partial charge in [0.25, 0.3) is 0 Å². The molecule has 0 amide bonds. The van der Waals surface area contributed by atoms with Crippen LogP contribution in [0.5, 0.6) is 0 Å². The van der Waals surface area contributed by atoms with E-state index in [1.165, 1.54) is 18.5 Å². The molecule has 0 spiro atoms. The summed E-state index contributed by atoms with van der Waals surface area (Å²) in [5, 5.41) is 14.2. The van der Waals surface area contributed by atoms with E-state index in [4.69, 9.17) is 4.74 Å². The molecule has 4 rings (SSSR count). The van der Waals surface area contributed by atoms with E-state index in [9.17, 15) is 0 Å². The van der Waals surface area contributed by atoms with Gasteiger partial charge in [-0.15, -0.1) is 10.2 Å². The van der Waals surface area contributed by atoms with Crippen molar-refractivity contribution in [3.63, 3.8) is 0 Å². The van der Waals surface area contributed by atoms with Gasteiger partial charge in [-0.25, -0.2) is 0 Å². The van der Waals surface area contributed by atoms with Crippen molar-refractivity contribution in [3.8, 4) is 0 Å². The Bertz CT molecular complexity index is 672. The molecule has 0 aromatic carbocycles. The summed E-state index contributed by atoms with van der Waals surface area (Å²) in [6, 6.07) is 2.05. The van der Waals surface area contributed by atoms with Crippen LogP contribution >= 0.6 is 11.8 Å². The number of ether oxygens (including phenoxy) is 1. The lowest BCUT2D eigenvalue weighted by atomic mass is 10.2. The highest BCUT2D eigenvalue weighted by atomic mass is 32.2. The maximum atomic E-state index is 5.85. The van der Waals surface area contributed by atoms with Crippen molar-refractivity contribution in [2.45, 2.75) is 49.2 Å². The minimum Gasteiger partial charge on any atom is -0.376 e. The van der Waals surface area contributed by atoms with E-state index in [0.717, 1.165) is 55.9 Å². The van der Waals surface area contributed by atoms with Crippen LogP contribution in [0, 0.1) is 0 Å². The number of hydrogen-bond acceptors (Lipinski definition) is 6. The standard InChI is InChI=1S/C16H24N6OS/c1-20-13(6-7-17-20)12-24-16-19-18-15(21-8-2-3-9-21)22(16)11-14-5-4-10-23-14/h6-7,14H,2-5,8-12H2,1H3. The first-order valence-electron chi connectivity index (χ1n) is 8.70. The molecule has 0 radical (unpaired) electrons. The number of hydrogen-bond donors (Lipinski definition) is 0. The number of rotatable bonds is 6. The topological polar surface area (TPSA) is 61.0 Å². The molecule has 0 bridgehead atoms. The van der Waals surface area contributed by atoms with E-state index >= 15 is 0 Å². The molecule has 7 nitrogen and oxygen atoms in total. The lowest BCUT2D eigenvalue weighted by molar-refractivity contribution is 0.0952. The number of aryl methyl sites for hydroxylation is 1. The van der Waals surface area contributed by atoms with Crippen LogP contribution in [-0.4, -0.2) is 50.3 Å². The zero-order valence-electron chi connectivity index (χ0n) is 14.1. The van der Waals surface area contributed by atoms with Crippen LogP contribution in [0.15, 0.2) is 17.4 Å². The first kappa shape index (κ1) is 16.0. The van der Waals surface area contributed by atoms with Crippen LogP contribution in [0.4, 0.5) is 5.95 Å². The van der Waals surface area contributed by atoms with Gasteiger partial charge in [0, 0.05) is 44.4 Å². The molecule has 2 aliphatic rings. The molecular formula is C16H24N6OS. The SMILES string of the molecule is Cn1nccc1CSc1nnc(N2CCCC2)n1CC1CCCO1. The average Bonchev–Trinajstić information content (AvgIpc) is 3.34. The number of aromatic nitrogens is 5. The summed E-state index contributed by atoms with van der Waals surface area (Å²) in [7, 11) is 1.97. The predicted octanol–water partition coefficient (Wildman–Crippen LogP) is 2.08. The molecule has 2 aliphatic heterocycles. The molecule has 130 valence electrons. The van der Waals surface area contributed by atoms with Crippen molar-refractivity contribution in [3.05, 3.63) is 18.0 Å². The van der Waals surface area contributed by atoms with Gasteiger partial charge in [0.2, 0.25) is 5.95 Å². The van der Waals surface area contributed by atoms with Crippen LogP contribution in [0.2, 0.25) is 0 Å². The van der Waals surface area contributed by atoms with Crippen LogP contribution < -0.4 is 4.90 Å². The second-order valence-electron chi connectivity index (χ2n) is 6.46. The fourth-order valence-corrected chi connectivity index (χ4v) is 4.34. The van der Waals surface area contributed by atoms with E-state index in [1.807, 2.05) is 17.9 Å². The van der Waals surface area contributed by atoms with E-state index < -0.39 is 0 Å². The second-order valence-corrected chi connectivity index (χ2v) is 7.40. The van der Waals surface area contributed by atoms with Crippen LogP contribution in [-0.2, 0) is 24.1 Å². The van der Waals surface area contributed by atoms with Crippen molar-refractivity contribution in [1.82, 2.24) is 24.5 Å². The van der Waals surface area contributed by atoms with Crippen molar-refractivity contribution >= 4 is 17.7 Å². The lowest BCUT2D eigenvalue weighted by Crippen LogP contribution is -2.25. The Morgan fingerprint density at radius 1 is 1.25 bits per heavy atom. The number of nitrogens with zero attached hydrogens (tertiary/aromatic N) is 6. The van der Waals surface area contributed by atoms with Gasteiger partial charge in [0.05, 0.1) is 12.6 Å². The van der Waals surface area contributed by atoms with Crippen molar-refractivity contribution in [2.24, 2.45) is 7.05 Å². The molecule has 2 aromatic rings. The molecule has 2 saturated heterocycles. The third kappa shape index (κ3) is 3.30. The summed E-state index contributed by atoms with van der Waals surface area (Å²) < 4.78 is 10.0. The highest BCUT2D eigenvalue weighted by molar-refractivity contribution is 7.98. The molecule has 2 fully saturated rings. The molecule has 0 saturated carbocycles. The third-order valence-corrected chi connectivity index (χ3v) is 5.77. The molecule has 1 unspecified atom stereocenters. The molecule has 0 N–H and O–H groups in total. The molecule has 1 atom stereocenters. The maximum Gasteiger partial charge on any atom is 0.228 e. The van der Waals surface area contributed by atoms with Gasteiger partial charge >= 0.3 is 0 Å². The Morgan fingerprint density at radius 2 is 2.12 bits per heavy atom. The molecule has 4 heterocycles. The Kier molecular flexibility index (Phi) is 4.75. The van der Waals surface area contributed by atoms with E-state index in [1.54, 1.807) is 11.8 Å². The van der Waals surface area contributed by atoms with E-state index in [-0.39, 0.29) is 0 Å². The fraction of sp³-hybridized carbons (Fsp3) is 0.688. The first-order valence-corrected chi connectivity index (χ1v) is 9.69. The second kappa shape index (κ2) is 7.14. The minimum absolute atomic E-state index is 0.290. The zero-order chi connectivity index (χ0) is 16.4. The van der Waals surface area contributed by atoms with Gasteiger partial charge in [-0.05, 0) is 31.7 Å². The Balaban J connectivity index is 1.54. The summed E-state index contributed by atoms with van der Waals surface area (Å²) in [6.07, 6.45) is 6.89. The first-order chi connectivity index (χ1) is 11.8. The highest BCUT2D eigenvalue weighted by Crippen LogP contribution is 2.28. The van der Waals surface area contributed by atoms with Crippen LogP contribution in [0.1, 0.15) is 31.4 Å². The smallest absolute Gasteiger partial charge is 0.228 e. The Hall–Kier alpha value is -1.54. The average molecular weight is 348 g/mol. The van der Waals surface area contributed by atoms with Gasteiger partial charge in [-0.2, -0.15) is 5.10 Å². The van der Waals surface area contributed by atoms with Crippen molar-refractivity contribution in [1.29, 1.82) is 0 Å². The molecule has 24 heavy (non-hydrogen) atoms. The Labute approximate surface area is 146 Å². The van der Waals surface area contributed by atoms with Gasteiger partial charge in [-0.3, -0.25) is 9.25 Å². The van der Waals surface area contributed by atoms with E-state index in [2.05, 4.69) is 30.8 Å². The lowest BCUT2D eigenvalue weighted by Gasteiger charge is -2.20. The number of anilines is 1. The highest BCUT2D eigenvalue weighted by Gasteiger charge is 2.25. The summed E-state index contributed by atoms with van der Waals surface area (Å²) in [5.41, 5.74) is 1.19. The monoisotopic (exact) mass is 348 g/mol. The molecule has 8 heteroatoms. The Morgan fingerprint density at radius 3 is 2.83 bits per heavy atom.